The lowest BCUT2D eigenvalue weighted by atomic mass is 9.93. The van der Waals surface area contributed by atoms with E-state index in [2.05, 4.69) is 20.9 Å². The monoisotopic (exact) mass is 493 g/mol. The summed E-state index contributed by atoms with van der Waals surface area (Å²) in [5.74, 6) is -0.277. The van der Waals surface area contributed by atoms with E-state index in [-0.39, 0.29) is 18.0 Å². The van der Waals surface area contributed by atoms with Crippen LogP contribution >= 0.6 is 0 Å². The number of nitrogens with zero attached hydrogens (tertiary/aromatic N) is 4. The number of fused-ring (bicyclic) bond motifs is 2. The molecule has 3 aliphatic rings. The molecule has 7 heteroatoms. The van der Waals surface area contributed by atoms with Gasteiger partial charge in [0.25, 0.3) is 0 Å². The molecule has 1 fully saturated rings. The van der Waals surface area contributed by atoms with Crippen LogP contribution in [0.3, 0.4) is 0 Å². The predicted molar refractivity (Wildman–Crippen MR) is 144 cm³/mol. The van der Waals surface area contributed by atoms with Gasteiger partial charge in [-0.2, -0.15) is 0 Å². The second kappa shape index (κ2) is 9.75. The molecule has 186 valence electrons. The van der Waals surface area contributed by atoms with E-state index in [1.54, 1.807) is 12.1 Å². The van der Waals surface area contributed by atoms with Crippen LogP contribution in [0.5, 0.6) is 0 Å². The fraction of sp³-hybridized carbons (Fsp3) is 0.233. The lowest BCUT2D eigenvalue weighted by Gasteiger charge is -2.23. The number of aromatic nitrogens is 3. The van der Waals surface area contributed by atoms with Crippen LogP contribution < -0.4 is 10.7 Å². The number of anilines is 2. The minimum atomic E-state index is -0.277. The van der Waals surface area contributed by atoms with Crippen LogP contribution in [0, 0.1) is 12.7 Å². The van der Waals surface area contributed by atoms with Crippen molar-refractivity contribution in [2.24, 2.45) is 4.99 Å². The van der Waals surface area contributed by atoms with Crippen molar-refractivity contribution in [2.75, 3.05) is 5.32 Å². The normalized spacial score (nSPS) is 18.4. The smallest absolute Gasteiger partial charge is 0.123 e. The average Bonchev–Trinajstić information content (AvgIpc) is 2.91. The first-order valence-electron chi connectivity index (χ1n) is 12.7. The lowest BCUT2D eigenvalue weighted by molar-refractivity contribution is 0.123. The fourth-order valence-corrected chi connectivity index (χ4v) is 5.00. The summed E-state index contributed by atoms with van der Waals surface area (Å²) in [4.78, 5) is 14.5. The standard InChI is InChI=1S/C30H28FN5O/c1-19-6-9-22(18-32-19)34-26-16-28-30(17-27(26)33-21-10-14-24(37)15-11-21)36(23-12-7-20(31)8-13-23)29-5-3-2-4-25(29)35-28/h2-9,12-13,16-18,21,24,34,37H,10-11,14-15H2,1H3/b33-27+/t21-,24-. The van der Waals surface area contributed by atoms with Gasteiger partial charge in [-0.05, 0) is 93.3 Å². The van der Waals surface area contributed by atoms with Crippen LogP contribution in [-0.2, 0) is 0 Å². The highest BCUT2D eigenvalue weighted by Gasteiger charge is 2.20. The molecule has 2 N–H and O–H groups in total. The first-order chi connectivity index (χ1) is 18.0. The molecule has 0 spiro atoms. The molecular formula is C30H28FN5O. The highest BCUT2D eigenvalue weighted by Crippen LogP contribution is 2.31. The maximum atomic E-state index is 13.8. The maximum absolute atomic E-state index is 13.8. The first kappa shape index (κ1) is 23.3. The number of aryl methyl sites for hydroxylation is 1. The Hall–Kier alpha value is -4.10. The van der Waals surface area contributed by atoms with Crippen LogP contribution in [0.2, 0.25) is 0 Å². The Morgan fingerprint density at radius 3 is 2.51 bits per heavy atom. The summed E-state index contributed by atoms with van der Waals surface area (Å²) in [5.41, 5.74) is 6.95. The Labute approximate surface area is 214 Å². The summed E-state index contributed by atoms with van der Waals surface area (Å²) in [6.45, 7) is 1.96. The second-order valence-electron chi connectivity index (χ2n) is 9.68. The number of nitrogens with one attached hydrogen (secondary N) is 1. The molecule has 37 heavy (non-hydrogen) atoms. The minimum absolute atomic E-state index is 0.130. The topological polar surface area (TPSA) is 75.3 Å². The van der Waals surface area contributed by atoms with Crippen molar-refractivity contribution in [3.63, 3.8) is 0 Å². The molecule has 0 radical (unpaired) electrons. The third-order valence-corrected chi connectivity index (χ3v) is 6.96. The Morgan fingerprint density at radius 2 is 1.76 bits per heavy atom. The van der Waals surface area contributed by atoms with Crippen molar-refractivity contribution in [2.45, 2.75) is 44.8 Å². The summed E-state index contributed by atoms with van der Waals surface area (Å²) < 4.78 is 15.9. The molecule has 6 nitrogen and oxygen atoms in total. The first-order valence-corrected chi connectivity index (χ1v) is 12.7. The van der Waals surface area contributed by atoms with Gasteiger partial charge in [0.05, 0.1) is 57.5 Å². The molecule has 1 saturated carbocycles. The van der Waals surface area contributed by atoms with Gasteiger partial charge in [0.15, 0.2) is 0 Å². The Balaban J connectivity index is 1.59. The molecule has 2 heterocycles. The van der Waals surface area contributed by atoms with Gasteiger partial charge < -0.3 is 15.0 Å². The highest BCUT2D eigenvalue weighted by atomic mass is 19.1. The van der Waals surface area contributed by atoms with Crippen LogP contribution in [-0.4, -0.2) is 31.8 Å². The van der Waals surface area contributed by atoms with E-state index in [4.69, 9.17) is 9.98 Å². The number of aliphatic hydroxyl groups excluding tert-OH is 1. The number of hydrogen-bond acceptors (Lipinski definition) is 5. The summed E-state index contributed by atoms with van der Waals surface area (Å²) in [6, 6.07) is 22.7. The van der Waals surface area contributed by atoms with Crippen molar-refractivity contribution < 1.29 is 9.50 Å². The van der Waals surface area contributed by atoms with Crippen molar-refractivity contribution >= 4 is 22.4 Å². The van der Waals surface area contributed by atoms with E-state index in [1.807, 2.05) is 55.6 Å². The highest BCUT2D eigenvalue weighted by molar-refractivity contribution is 5.84. The van der Waals surface area contributed by atoms with Gasteiger partial charge in [0.2, 0.25) is 0 Å². The van der Waals surface area contributed by atoms with Crippen molar-refractivity contribution in [3.05, 3.63) is 95.9 Å². The van der Waals surface area contributed by atoms with Gasteiger partial charge in [-0.15, -0.1) is 0 Å². The number of halogens is 1. The number of hydrogen-bond donors (Lipinski definition) is 2. The van der Waals surface area contributed by atoms with E-state index in [0.29, 0.717) is 0 Å². The molecule has 1 aromatic heterocycles. The van der Waals surface area contributed by atoms with Crippen LogP contribution in [0.15, 0.2) is 84.0 Å². The predicted octanol–water partition coefficient (Wildman–Crippen LogP) is 5.92. The van der Waals surface area contributed by atoms with E-state index >= 15 is 0 Å². The molecule has 6 rings (SSSR count). The van der Waals surface area contributed by atoms with Crippen LogP contribution in [0.4, 0.5) is 15.8 Å². The van der Waals surface area contributed by atoms with E-state index in [9.17, 15) is 9.50 Å². The zero-order valence-corrected chi connectivity index (χ0v) is 20.6. The fourth-order valence-electron chi connectivity index (χ4n) is 5.00. The third-order valence-electron chi connectivity index (χ3n) is 6.96. The SMILES string of the molecule is Cc1ccc(Nc2cc3nc4ccccc4n(-c4ccc(F)cc4)c-3c/c2=N\[C@H]2CC[C@H](O)CC2)cn1. The Morgan fingerprint density at radius 1 is 0.973 bits per heavy atom. The maximum Gasteiger partial charge on any atom is 0.123 e. The lowest BCUT2D eigenvalue weighted by Crippen LogP contribution is -2.24. The molecule has 1 aliphatic heterocycles. The molecular weight excluding hydrogens is 465 g/mol. The summed E-state index contributed by atoms with van der Waals surface area (Å²) >= 11 is 0. The summed E-state index contributed by atoms with van der Waals surface area (Å²) in [7, 11) is 0. The average molecular weight is 494 g/mol. The van der Waals surface area contributed by atoms with Gasteiger partial charge in [0.1, 0.15) is 5.82 Å². The van der Waals surface area contributed by atoms with Gasteiger partial charge in [-0.1, -0.05) is 12.1 Å². The van der Waals surface area contributed by atoms with Crippen LogP contribution in [0.25, 0.3) is 28.1 Å². The molecule has 0 amide bonds. The molecule has 0 atom stereocenters. The van der Waals surface area contributed by atoms with Gasteiger partial charge >= 0.3 is 0 Å². The van der Waals surface area contributed by atoms with Crippen molar-refractivity contribution in [1.82, 2.24) is 14.5 Å². The zero-order valence-electron chi connectivity index (χ0n) is 20.6. The third kappa shape index (κ3) is 4.82. The second-order valence-corrected chi connectivity index (χ2v) is 9.68. The van der Waals surface area contributed by atoms with Gasteiger partial charge in [-0.25, -0.2) is 9.37 Å². The molecule has 3 aromatic rings. The van der Waals surface area contributed by atoms with E-state index in [1.165, 1.54) is 12.1 Å². The van der Waals surface area contributed by atoms with Gasteiger partial charge in [0, 0.05) is 11.4 Å². The zero-order chi connectivity index (χ0) is 25.4. The molecule has 0 saturated heterocycles. The number of rotatable bonds is 4. The van der Waals surface area contributed by atoms with Crippen molar-refractivity contribution in [1.29, 1.82) is 0 Å². The minimum Gasteiger partial charge on any atom is -0.393 e. The number of benzene rings is 3. The van der Waals surface area contributed by atoms with Crippen LogP contribution in [0.1, 0.15) is 31.4 Å². The van der Waals surface area contributed by atoms with Crippen molar-refractivity contribution in [3.8, 4) is 17.1 Å². The quantitative estimate of drug-likeness (QED) is 0.305. The summed E-state index contributed by atoms with van der Waals surface area (Å²) in [6.07, 6.45) is 4.78. The molecule has 0 unspecified atom stereocenters. The Kier molecular flexibility index (Phi) is 6.14. The molecule has 0 bridgehead atoms. The van der Waals surface area contributed by atoms with E-state index in [0.717, 1.165) is 76.2 Å². The molecule has 2 aromatic carbocycles. The number of pyridine rings is 1. The summed E-state index contributed by atoms with van der Waals surface area (Å²) in [5, 5.41) is 14.3. The molecule has 2 aliphatic carbocycles. The Bertz CT molecular complexity index is 1590. The van der Waals surface area contributed by atoms with E-state index < -0.39 is 0 Å². The number of aliphatic hydroxyl groups is 1. The number of para-hydroxylation sites is 2. The van der Waals surface area contributed by atoms with Gasteiger partial charge in [-0.3, -0.25) is 9.98 Å². The largest absolute Gasteiger partial charge is 0.393 e.